The van der Waals surface area contributed by atoms with Gasteiger partial charge in [0.25, 0.3) is 0 Å². The van der Waals surface area contributed by atoms with Crippen LogP contribution in [0.4, 0.5) is 0 Å². The molecule has 2 aromatic heterocycles. The Morgan fingerprint density at radius 2 is 2.11 bits per heavy atom. The summed E-state index contributed by atoms with van der Waals surface area (Å²) in [6.07, 6.45) is 0. The molecule has 102 valence electrons. The Morgan fingerprint density at radius 1 is 1.37 bits per heavy atom. The highest BCUT2D eigenvalue weighted by Crippen LogP contribution is 2.25. The molecule has 0 atom stereocenters. The fourth-order valence-corrected chi connectivity index (χ4v) is 4.32. The zero-order valence-electron chi connectivity index (χ0n) is 9.29. The van der Waals surface area contributed by atoms with Crippen LogP contribution in [0.25, 0.3) is 0 Å². The summed E-state index contributed by atoms with van der Waals surface area (Å²) in [6, 6.07) is 5.79. The number of rotatable bonds is 5. The van der Waals surface area contributed by atoms with E-state index in [-0.39, 0.29) is 22.3 Å². The van der Waals surface area contributed by atoms with Gasteiger partial charge in [-0.05, 0) is 40.2 Å². The van der Waals surface area contributed by atoms with Gasteiger partial charge in [0.1, 0.15) is 9.97 Å². The molecule has 0 aliphatic rings. The molecule has 0 saturated carbocycles. The molecule has 0 amide bonds. The maximum atomic E-state index is 11.9. The van der Waals surface area contributed by atoms with E-state index in [9.17, 15) is 13.2 Å². The first kappa shape index (κ1) is 14.3. The Bertz CT molecular complexity index is 703. The van der Waals surface area contributed by atoms with Gasteiger partial charge in [0.05, 0.1) is 10.3 Å². The second-order valence-corrected chi connectivity index (χ2v) is 7.91. The van der Waals surface area contributed by atoms with Crippen LogP contribution in [0.15, 0.2) is 36.7 Å². The van der Waals surface area contributed by atoms with Crippen molar-refractivity contribution < 1.29 is 22.7 Å². The van der Waals surface area contributed by atoms with E-state index >= 15 is 0 Å². The maximum absolute atomic E-state index is 11.9. The van der Waals surface area contributed by atoms with E-state index in [1.165, 1.54) is 18.2 Å². The van der Waals surface area contributed by atoms with Gasteiger partial charge in [-0.1, -0.05) is 0 Å². The normalized spacial score (nSPS) is 11.6. The second-order valence-electron chi connectivity index (χ2n) is 3.45. The topological polar surface area (TPSA) is 96.6 Å². The van der Waals surface area contributed by atoms with Crippen LogP contribution in [-0.2, 0) is 16.6 Å². The summed E-state index contributed by atoms with van der Waals surface area (Å²) in [4.78, 5) is 10.6. The molecule has 2 heterocycles. The van der Waals surface area contributed by atoms with Gasteiger partial charge in [0, 0.05) is 0 Å². The Balaban J connectivity index is 2.07. The van der Waals surface area contributed by atoms with Gasteiger partial charge in [-0.3, -0.25) is 0 Å². The standard InChI is InChI=1S/C10H8BrNO5S2/c11-8-3-4-9(18-8)19(15,16)12-5-6-1-2-7(17-6)10(13)14/h1-4,12H,5H2,(H,13,14). The summed E-state index contributed by atoms with van der Waals surface area (Å²) in [7, 11) is -3.62. The van der Waals surface area contributed by atoms with Gasteiger partial charge in [0.15, 0.2) is 0 Å². The molecule has 2 aromatic rings. The summed E-state index contributed by atoms with van der Waals surface area (Å²) in [6.45, 7) is -0.106. The summed E-state index contributed by atoms with van der Waals surface area (Å²) in [5, 5.41) is 8.67. The van der Waals surface area contributed by atoms with Crippen molar-refractivity contribution in [1.82, 2.24) is 4.72 Å². The number of hydrogen-bond donors (Lipinski definition) is 2. The zero-order chi connectivity index (χ0) is 14.0. The third kappa shape index (κ3) is 3.44. The molecule has 0 unspecified atom stereocenters. The quantitative estimate of drug-likeness (QED) is 0.846. The average molecular weight is 366 g/mol. The van der Waals surface area contributed by atoms with Crippen LogP contribution in [0, 0.1) is 0 Å². The van der Waals surface area contributed by atoms with Crippen molar-refractivity contribution >= 4 is 43.3 Å². The molecule has 0 fully saturated rings. The van der Waals surface area contributed by atoms with Crippen molar-refractivity contribution in [1.29, 1.82) is 0 Å². The molecule has 19 heavy (non-hydrogen) atoms. The number of hydrogen-bond acceptors (Lipinski definition) is 5. The number of thiophene rings is 1. The molecule has 0 spiro atoms. The first-order valence-electron chi connectivity index (χ1n) is 4.95. The lowest BCUT2D eigenvalue weighted by Gasteiger charge is -2.02. The number of nitrogens with one attached hydrogen (secondary N) is 1. The van der Waals surface area contributed by atoms with Crippen LogP contribution in [0.1, 0.15) is 16.3 Å². The molecule has 0 aromatic carbocycles. The van der Waals surface area contributed by atoms with Crippen LogP contribution in [0.3, 0.4) is 0 Å². The first-order chi connectivity index (χ1) is 8.88. The molecule has 6 nitrogen and oxygen atoms in total. The molecule has 2 N–H and O–H groups in total. The van der Waals surface area contributed by atoms with Gasteiger partial charge in [-0.15, -0.1) is 11.3 Å². The minimum Gasteiger partial charge on any atom is -0.475 e. The zero-order valence-corrected chi connectivity index (χ0v) is 12.5. The molecular weight excluding hydrogens is 358 g/mol. The fraction of sp³-hybridized carbons (Fsp3) is 0.100. The van der Waals surface area contributed by atoms with Gasteiger partial charge in [-0.25, -0.2) is 17.9 Å². The van der Waals surface area contributed by atoms with E-state index in [0.717, 1.165) is 11.3 Å². The number of sulfonamides is 1. The lowest BCUT2D eigenvalue weighted by molar-refractivity contribution is 0.0660. The predicted octanol–water partition coefficient (Wildman–Crippen LogP) is 2.28. The molecule has 2 rings (SSSR count). The number of aromatic carboxylic acids is 1. The molecular formula is C10H8BrNO5S2. The van der Waals surface area contributed by atoms with E-state index in [4.69, 9.17) is 9.52 Å². The molecule has 0 aliphatic heterocycles. The Labute approximate surface area is 121 Å². The SMILES string of the molecule is O=C(O)c1ccc(CNS(=O)(=O)c2ccc(Br)s2)o1. The minimum atomic E-state index is -3.62. The average Bonchev–Trinajstić information content (AvgIpc) is 2.95. The minimum absolute atomic E-state index is 0.106. The van der Waals surface area contributed by atoms with E-state index in [1.807, 2.05) is 0 Å². The van der Waals surface area contributed by atoms with Crippen molar-refractivity contribution in [2.45, 2.75) is 10.8 Å². The Kier molecular flexibility index (Phi) is 4.09. The second kappa shape index (κ2) is 5.45. The van der Waals surface area contributed by atoms with Crippen LogP contribution in [0.2, 0.25) is 0 Å². The Hall–Kier alpha value is -1.16. The van der Waals surface area contributed by atoms with E-state index in [0.29, 0.717) is 3.79 Å². The molecule has 0 aliphatic carbocycles. The van der Waals surface area contributed by atoms with Crippen molar-refractivity contribution in [3.05, 3.63) is 39.6 Å². The van der Waals surface area contributed by atoms with Crippen LogP contribution in [-0.4, -0.2) is 19.5 Å². The highest BCUT2D eigenvalue weighted by molar-refractivity contribution is 9.11. The number of furan rings is 1. The molecule has 0 saturated heterocycles. The monoisotopic (exact) mass is 365 g/mol. The van der Waals surface area contributed by atoms with Gasteiger partial charge in [0.2, 0.25) is 15.8 Å². The van der Waals surface area contributed by atoms with Crippen LogP contribution in [0.5, 0.6) is 0 Å². The van der Waals surface area contributed by atoms with Crippen molar-refractivity contribution in [3.8, 4) is 0 Å². The van der Waals surface area contributed by atoms with Crippen LogP contribution >= 0.6 is 27.3 Å². The van der Waals surface area contributed by atoms with E-state index in [1.54, 1.807) is 6.07 Å². The van der Waals surface area contributed by atoms with Gasteiger partial charge < -0.3 is 9.52 Å². The molecule has 9 heteroatoms. The lowest BCUT2D eigenvalue weighted by atomic mass is 10.4. The highest BCUT2D eigenvalue weighted by atomic mass is 79.9. The smallest absolute Gasteiger partial charge is 0.371 e. The first-order valence-corrected chi connectivity index (χ1v) is 8.05. The number of carboxylic acids is 1. The van der Waals surface area contributed by atoms with Crippen molar-refractivity contribution in [3.63, 3.8) is 0 Å². The van der Waals surface area contributed by atoms with Crippen LogP contribution < -0.4 is 4.72 Å². The molecule has 0 bridgehead atoms. The Morgan fingerprint density at radius 3 is 2.63 bits per heavy atom. The fourth-order valence-electron chi connectivity index (χ4n) is 1.27. The third-order valence-corrected chi connectivity index (χ3v) is 5.64. The third-order valence-electron chi connectivity index (χ3n) is 2.12. The lowest BCUT2D eigenvalue weighted by Crippen LogP contribution is -2.22. The number of carbonyl (C=O) groups is 1. The van der Waals surface area contributed by atoms with E-state index in [2.05, 4.69) is 20.7 Å². The largest absolute Gasteiger partial charge is 0.475 e. The number of carboxylic acid groups (broad SMARTS) is 1. The maximum Gasteiger partial charge on any atom is 0.371 e. The summed E-state index contributed by atoms with van der Waals surface area (Å²) in [5.74, 6) is -1.19. The van der Waals surface area contributed by atoms with Gasteiger partial charge in [-0.2, -0.15) is 0 Å². The summed E-state index contributed by atoms with van der Waals surface area (Å²) in [5.41, 5.74) is 0. The number of halogens is 1. The highest BCUT2D eigenvalue weighted by Gasteiger charge is 2.17. The van der Waals surface area contributed by atoms with Crippen molar-refractivity contribution in [2.75, 3.05) is 0 Å². The molecule has 0 radical (unpaired) electrons. The van der Waals surface area contributed by atoms with Crippen molar-refractivity contribution in [2.24, 2.45) is 0 Å². The summed E-state index contributed by atoms with van der Waals surface area (Å²) >= 11 is 4.26. The summed E-state index contributed by atoms with van der Waals surface area (Å²) < 4.78 is 31.9. The predicted molar refractivity (Wildman–Crippen MR) is 71.7 cm³/mol. The van der Waals surface area contributed by atoms with Gasteiger partial charge >= 0.3 is 5.97 Å². The van der Waals surface area contributed by atoms with E-state index < -0.39 is 16.0 Å².